The molecular weight excluding hydrogens is 178 g/mol. The molecule has 0 saturated heterocycles. The lowest BCUT2D eigenvalue weighted by molar-refractivity contribution is 1.31. The van der Waals surface area contributed by atoms with Crippen molar-refractivity contribution in [3.05, 3.63) is 11.1 Å². The van der Waals surface area contributed by atoms with Gasteiger partial charge in [-0.15, -0.1) is 0 Å². The smallest absolute Gasteiger partial charge is 0.0940 e. The molecule has 0 aromatic rings. The van der Waals surface area contributed by atoms with Gasteiger partial charge in [0.25, 0.3) is 0 Å². The molecule has 0 aliphatic rings. The zero-order chi connectivity index (χ0) is 7.28. The molecule has 2 heteroatoms. The van der Waals surface area contributed by atoms with Crippen molar-refractivity contribution in [3.8, 4) is 0 Å². The molecule has 0 spiro atoms. The highest BCUT2D eigenvalue weighted by atomic mass is 79.9. The number of hydrogen-bond donors (Lipinski definition) is 0. The van der Waals surface area contributed by atoms with E-state index in [1.807, 2.05) is 6.21 Å². The molecule has 0 fully saturated rings. The molecule has 0 aromatic heterocycles. The van der Waals surface area contributed by atoms with Crippen LogP contribution in [-0.2, 0) is 0 Å². The Morgan fingerprint density at radius 1 is 1.44 bits per heavy atom. The fourth-order valence-corrected chi connectivity index (χ4v) is 0.445. The molecule has 0 bridgehead atoms. The van der Waals surface area contributed by atoms with E-state index in [2.05, 4.69) is 41.7 Å². The van der Waals surface area contributed by atoms with Crippen LogP contribution < -0.4 is 0 Å². The molecule has 0 atom stereocenters. The molecule has 9 heavy (non-hydrogen) atoms. The van der Waals surface area contributed by atoms with E-state index in [4.69, 9.17) is 0 Å². The van der Waals surface area contributed by atoms with Crippen molar-refractivity contribution in [3.63, 3.8) is 0 Å². The van der Waals surface area contributed by atoms with E-state index in [0.717, 1.165) is 0 Å². The Morgan fingerprint density at radius 2 is 2.00 bits per heavy atom. The number of alkyl halides is 1. The van der Waals surface area contributed by atoms with Crippen LogP contribution in [0.3, 0.4) is 0 Å². The first-order valence-electron chi connectivity index (χ1n) is 2.88. The van der Waals surface area contributed by atoms with Gasteiger partial charge < -0.3 is 0 Å². The standard InChI is InChI=1S/C7H12BrN/c1-6(2)7(3)4-9-5-8/h4H,5H2,1-3H3. The van der Waals surface area contributed by atoms with Gasteiger partial charge in [-0.2, -0.15) is 0 Å². The largest absolute Gasteiger partial charge is 0.281 e. The highest BCUT2D eigenvalue weighted by molar-refractivity contribution is 9.09. The maximum Gasteiger partial charge on any atom is 0.0940 e. The maximum atomic E-state index is 4.03. The van der Waals surface area contributed by atoms with Crippen LogP contribution in [0.2, 0.25) is 0 Å². The second-order valence-electron chi connectivity index (χ2n) is 2.11. The number of nitrogens with zero attached hydrogens (tertiary/aromatic N) is 1. The summed E-state index contributed by atoms with van der Waals surface area (Å²) >= 11 is 3.21. The summed E-state index contributed by atoms with van der Waals surface area (Å²) in [6, 6.07) is 0. The molecular formula is C7H12BrN. The molecule has 0 N–H and O–H groups in total. The predicted octanol–water partition coefficient (Wildman–Crippen LogP) is 2.77. The van der Waals surface area contributed by atoms with Gasteiger partial charge in [0.1, 0.15) is 0 Å². The fourth-order valence-electron chi connectivity index (χ4n) is 0.301. The summed E-state index contributed by atoms with van der Waals surface area (Å²) in [6.07, 6.45) is 1.88. The summed E-state index contributed by atoms with van der Waals surface area (Å²) in [4.78, 5) is 4.03. The Bertz CT molecular complexity index is 132. The molecule has 0 amide bonds. The van der Waals surface area contributed by atoms with Crippen molar-refractivity contribution in [2.24, 2.45) is 4.99 Å². The average molecular weight is 190 g/mol. The van der Waals surface area contributed by atoms with Gasteiger partial charge in [-0.25, -0.2) is 0 Å². The van der Waals surface area contributed by atoms with Crippen molar-refractivity contribution in [2.45, 2.75) is 20.8 Å². The second-order valence-corrected chi connectivity index (χ2v) is 2.62. The van der Waals surface area contributed by atoms with Crippen LogP contribution in [-0.4, -0.2) is 11.7 Å². The van der Waals surface area contributed by atoms with Crippen molar-refractivity contribution in [1.29, 1.82) is 0 Å². The Hall–Kier alpha value is -0.110. The van der Waals surface area contributed by atoms with Crippen molar-refractivity contribution >= 4 is 22.1 Å². The molecule has 0 aliphatic carbocycles. The van der Waals surface area contributed by atoms with Crippen LogP contribution in [0.5, 0.6) is 0 Å². The van der Waals surface area contributed by atoms with E-state index in [1.54, 1.807) is 0 Å². The maximum absolute atomic E-state index is 4.03. The Balaban J connectivity index is 3.91. The van der Waals surface area contributed by atoms with Gasteiger partial charge >= 0.3 is 0 Å². The number of halogens is 1. The first-order valence-corrected chi connectivity index (χ1v) is 4.00. The lowest BCUT2D eigenvalue weighted by atomic mass is 10.2. The molecule has 0 aliphatic heterocycles. The van der Waals surface area contributed by atoms with E-state index < -0.39 is 0 Å². The molecule has 0 unspecified atom stereocenters. The summed E-state index contributed by atoms with van der Waals surface area (Å²) in [7, 11) is 0. The Kier molecular flexibility index (Phi) is 4.68. The van der Waals surface area contributed by atoms with E-state index in [1.165, 1.54) is 11.1 Å². The minimum atomic E-state index is 0.692. The summed E-state index contributed by atoms with van der Waals surface area (Å²) in [6.45, 7) is 6.21. The number of rotatable bonds is 2. The molecule has 0 heterocycles. The van der Waals surface area contributed by atoms with Gasteiger partial charge in [0.15, 0.2) is 0 Å². The van der Waals surface area contributed by atoms with Crippen LogP contribution >= 0.6 is 15.9 Å². The fraction of sp³-hybridized carbons (Fsp3) is 0.571. The van der Waals surface area contributed by atoms with Gasteiger partial charge in [-0.1, -0.05) is 21.5 Å². The number of allylic oxidation sites excluding steroid dienone is 2. The van der Waals surface area contributed by atoms with E-state index in [-0.39, 0.29) is 0 Å². The van der Waals surface area contributed by atoms with Crippen molar-refractivity contribution < 1.29 is 0 Å². The summed E-state index contributed by atoms with van der Waals surface area (Å²) in [5.74, 6) is 0. The van der Waals surface area contributed by atoms with Gasteiger partial charge in [-0.3, -0.25) is 4.99 Å². The van der Waals surface area contributed by atoms with Gasteiger partial charge in [0, 0.05) is 6.21 Å². The van der Waals surface area contributed by atoms with Crippen LogP contribution in [0.4, 0.5) is 0 Å². The van der Waals surface area contributed by atoms with Crippen LogP contribution in [0.15, 0.2) is 16.1 Å². The lowest BCUT2D eigenvalue weighted by Crippen LogP contribution is -1.80. The van der Waals surface area contributed by atoms with E-state index in [0.29, 0.717) is 5.45 Å². The number of aliphatic imine (C=N–C) groups is 1. The first-order chi connectivity index (χ1) is 4.18. The third kappa shape index (κ3) is 4.40. The highest BCUT2D eigenvalue weighted by Gasteiger charge is 1.83. The van der Waals surface area contributed by atoms with Crippen LogP contribution in [0.1, 0.15) is 20.8 Å². The summed E-state index contributed by atoms with van der Waals surface area (Å²) in [5.41, 5.74) is 3.26. The Labute approximate surface area is 65.0 Å². The summed E-state index contributed by atoms with van der Waals surface area (Å²) in [5, 5.41) is 0. The minimum absolute atomic E-state index is 0.692. The molecule has 1 nitrogen and oxygen atoms in total. The first kappa shape index (κ1) is 8.89. The molecule has 0 radical (unpaired) electrons. The molecule has 0 rings (SSSR count). The predicted molar refractivity (Wildman–Crippen MR) is 46.3 cm³/mol. The SMILES string of the molecule is CC(C)=C(C)C=NCBr. The topological polar surface area (TPSA) is 12.4 Å². The van der Waals surface area contributed by atoms with Crippen molar-refractivity contribution in [2.75, 3.05) is 5.45 Å². The van der Waals surface area contributed by atoms with Crippen LogP contribution in [0, 0.1) is 0 Å². The zero-order valence-electron chi connectivity index (χ0n) is 6.11. The minimum Gasteiger partial charge on any atom is -0.281 e. The lowest BCUT2D eigenvalue weighted by Gasteiger charge is -1.92. The van der Waals surface area contributed by atoms with Gasteiger partial charge in [0.05, 0.1) is 5.45 Å². The molecule has 52 valence electrons. The van der Waals surface area contributed by atoms with E-state index in [9.17, 15) is 0 Å². The normalized spacial score (nSPS) is 10.2. The van der Waals surface area contributed by atoms with Crippen molar-refractivity contribution in [1.82, 2.24) is 0 Å². The van der Waals surface area contributed by atoms with E-state index >= 15 is 0 Å². The Morgan fingerprint density at radius 3 is 2.33 bits per heavy atom. The number of hydrogen-bond acceptors (Lipinski definition) is 1. The molecule has 0 saturated carbocycles. The quantitative estimate of drug-likeness (QED) is 0.360. The van der Waals surface area contributed by atoms with Gasteiger partial charge in [-0.05, 0) is 26.3 Å². The third-order valence-electron chi connectivity index (χ3n) is 1.14. The van der Waals surface area contributed by atoms with Crippen LogP contribution in [0.25, 0.3) is 0 Å². The third-order valence-corrected chi connectivity index (χ3v) is 1.43. The second kappa shape index (κ2) is 4.74. The average Bonchev–Trinajstić information content (AvgIpc) is 1.82. The molecule has 0 aromatic carbocycles. The zero-order valence-corrected chi connectivity index (χ0v) is 7.70. The monoisotopic (exact) mass is 189 g/mol. The van der Waals surface area contributed by atoms with Gasteiger partial charge in [0.2, 0.25) is 0 Å². The highest BCUT2D eigenvalue weighted by Crippen LogP contribution is 1.97. The summed E-state index contributed by atoms with van der Waals surface area (Å²) < 4.78 is 0.